The van der Waals surface area contributed by atoms with Gasteiger partial charge in [0.25, 0.3) is 5.91 Å². The van der Waals surface area contributed by atoms with Gasteiger partial charge in [0.1, 0.15) is 18.0 Å². The van der Waals surface area contributed by atoms with Crippen LogP contribution < -0.4 is 10.1 Å². The van der Waals surface area contributed by atoms with Crippen molar-refractivity contribution in [1.29, 1.82) is 0 Å². The van der Waals surface area contributed by atoms with E-state index in [-0.39, 0.29) is 5.91 Å². The maximum absolute atomic E-state index is 12.5. The molecule has 3 aromatic carbocycles. The van der Waals surface area contributed by atoms with Crippen molar-refractivity contribution < 1.29 is 19.1 Å². The summed E-state index contributed by atoms with van der Waals surface area (Å²) in [5, 5.41) is 2.82. The molecule has 0 spiro atoms. The second-order valence-corrected chi connectivity index (χ2v) is 8.29. The summed E-state index contributed by atoms with van der Waals surface area (Å²) in [4.78, 5) is 24.6. The van der Waals surface area contributed by atoms with E-state index in [1.165, 1.54) is 0 Å². The lowest BCUT2D eigenvalue weighted by Gasteiger charge is -2.19. The van der Waals surface area contributed by atoms with Crippen LogP contribution in [0.15, 0.2) is 79.4 Å². The van der Waals surface area contributed by atoms with Crippen LogP contribution in [0, 0.1) is 0 Å². The first-order valence-corrected chi connectivity index (χ1v) is 10.3. The SMILES string of the molecule is C=Cc1ccc(COc2ccc(C(=O)Nc3ccc(C(=O)OC(C)(C)C)cc3)cc2)cc1. The maximum Gasteiger partial charge on any atom is 0.338 e. The largest absolute Gasteiger partial charge is 0.489 e. The van der Waals surface area contributed by atoms with Gasteiger partial charge >= 0.3 is 5.97 Å². The van der Waals surface area contributed by atoms with Crippen LogP contribution in [0.3, 0.4) is 0 Å². The highest BCUT2D eigenvalue weighted by Crippen LogP contribution is 2.18. The fourth-order valence-electron chi connectivity index (χ4n) is 2.85. The third-order valence-electron chi connectivity index (χ3n) is 4.51. The molecule has 0 aromatic heterocycles. The number of hydrogen-bond donors (Lipinski definition) is 1. The Labute approximate surface area is 188 Å². The Morgan fingerprint density at radius 3 is 2.03 bits per heavy atom. The van der Waals surface area contributed by atoms with Gasteiger partial charge in [-0.2, -0.15) is 0 Å². The lowest BCUT2D eigenvalue weighted by Crippen LogP contribution is -2.23. The number of carbonyl (C=O) groups excluding carboxylic acids is 2. The van der Waals surface area contributed by atoms with Gasteiger partial charge in [0.2, 0.25) is 0 Å². The highest BCUT2D eigenvalue weighted by Gasteiger charge is 2.17. The van der Waals surface area contributed by atoms with E-state index in [0.717, 1.165) is 11.1 Å². The Morgan fingerprint density at radius 1 is 0.875 bits per heavy atom. The fraction of sp³-hybridized carbons (Fsp3) is 0.185. The molecule has 5 heteroatoms. The summed E-state index contributed by atoms with van der Waals surface area (Å²) in [5.74, 6) is 0.0280. The Balaban J connectivity index is 1.55. The van der Waals surface area contributed by atoms with Crippen LogP contribution in [-0.2, 0) is 11.3 Å². The first kappa shape index (κ1) is 22.8. The first-order valence-electron chi connectivity index (χ1n) is 10.3. The van der Waals surface area contributed by atoms with Crippen LogP contribution in [0.1, 0.15) is 52.6 Å². The molecule has 5 nitrogen and oxygen atoms in total. The molecular weight excluding hydrogens is 402 g/mol. The minimum Gasteiger partial charge on any atom is -0.489 e. The molecule has 0 aliphatic carbocycles. The van der Waals surface area contributed by atoms with Crippen molar-refractivity contribution in [3.05, 3.63) is 102 Å². The van der Waals surface area contributed by atoms with Gasteiger partial charge in [-0.15, -0.1) is 0 Å². The summed E-state index contributed by atoms with van der Waals surface area (Å²) in [6.07, 6.45) is 1.80. The maximum atomic E-state index is 12.5. The Kier molecular flexibility index (Phi) is 7.11. The van der Waals surface area contributed by atoms with Crippen molar-refractivity contribution in [2.24, 2.45) is 0 Å². The number of benzene rings is 3. The van der Waals surface area contributed by atoms with Gasteiger partial charge in [0, 0.05) is 11.3 Å². The van der Waals surface area contributed by atoms with Crippen molar-refractivity contribution in [2.75, 3.05) is 5.32 Å². The lowest BCUT2D eigenvalue weighted by atomic mass is 10.1. The molecule has 164 valence electrons. The summed E-state index contributed by atoms with van der Waals surface area (Å²) in [5.41, 5.74) is 3.07. The molecule has 0 saturated carbocycles. The van der Waals surface area contributed by atoms with Gasteiger partial charge in [-0.25, -0.2) is 4.79 Å². The Morgan fingerprint density at radius 2 is 1.47 bits per heavy atom. The second-order valence-electron chi connectivity index (χ2n) is 8.29. The molecule has 0 aliphatic rings. The monoisotopic (exact) mass is 429 g/mol. The van der Waals surface area contributed by atoms with E-state index in [9.17, 15) is 9.59 Å². The fourth-order valence-corrected chi connectivity index (χ4v) is 2.85. The zero-order valence-corrected chi connectivity index (χ0v) is 18.6. The zero-order valence-electron chi connectivity index (χ0n) is 18.6. The first-order chi connectivity index (χ1) is 15.2. The zero-order chi connectivity index (χ0) is 23.1. The minimum absolute atomic E-state index is 0.249. The number of ether oxygens (including phenoxy) is 2. The molecular formula is C27H27NO4. The van der Waals surface area contributed by atoms with Crippen LogP contribution in [-0.4, -0.2) is 17.5 Å². The van der Waals surface area contributed by atoms with Crippen molar-refractivity contribution in [2.45, 2.75) is 33.0 Å². The smallest absolute Gasteiger partial charge is 0.338 e. The van der Waals surface area contributed by atoms with Gasteiger partial charge in [0.05, 0.1) is 5.56 Å². The molecule has 0 unspecified atom stereocenters. The predicted molar refractivity (Wildman–Crippen MR) is 127 cm³/mol. The summed E-state index contributed by atoms with van der Waals surface area (Å²) < 4.78 is 11.1. The topological polar surface area (TPSA) is 64.6 Å². The van der Waals surface area contributed by atoms with Gasteiger partial charge < -0.3 is 14.8 Å². The molecule has 3 rings (SSSR count). The number of nitrogens with one attached hydrogen (secondary N) is 1. The van der Waals surface area contributed by atoms with Crippen LogP contribution in [0.5, 0.6) is 5.75 Å². The standard InChI is InChI=1S/C27H27NO4/c1-5-19-6-8-20(9-7-19)18-31-24-16-12-21(13-17-24)25(29)28-23-14-10-22(11-15-23)26(30)32-27(2,3)4/h5-17H,1,18H2,2-4H3,(H,28,29). The third-order valence-corrected chi connectivity index (χ3v) is 4.51. The molecule has 0 radical (unpaired) electrons. The van der Waals surface area contributed by atoms with Gasteiger partial charge in [-0.1, -0.05) is 36.9 Å². The van der Waals surface area contributed by atoms with Crippen LogP contribution >= 0.6 is 0 Å². The number of amides is 1. The van der Waals surface area contributed by atoms with Crippen LogP contribution in [0.25, 0.3) is 6.08 Å². The Bertz CT molecular complexity index is 1080. The van der Waals surface area contributed by atoms with Gasteiger partial charge in [0.15, 0.2) is 0 Å². The van der Waals surface area contributed by atoms with Gasteiger partial charge in [-0.3, -0.25) is 4.79 Å². The molecule has 32 heavy (non-hydrogen) atoms. The predicted octanol–water partition coefficient (Wildman–Crippen LogP) is 6.12. The number of rotatable bonds is 7. The third kappa shape index (κ3) is 6.57. The number of hydrogen-bond acceptors (Lipinski definition) is 4. The molecule has 3 aromatic rings. The van der Waals surface area contributed by atoms with Crippen molar-refractivity contribution in [1.82, 2.24) is 0 Å². The number of carbonyl (C=O) groups is 2. The van der Waals surface area contributed by atoms with Crippen molar-refractivity contribution in [3.8, 4) is 5.75 Å². The highest BCUT2D eigenvalue weighted by molar-refractivity contribution is 6.04. The van der Waals surface area contributed by atoms with E-state index in [1.54, 1.807) is 54.6 Å². The molecule has 1 amide bonds. The normalized spacial score (nSPS) is 10.8. The van der Waals surface area contributed by atoms with E-state index in [4.69, 9.17) is 9.47 Å². The number of anilines is 1. The molecule has 0 atom stereocenters. The highest BCUT2D eigenvalue weighted by atomic mass is 16.6. The quantitative estimate of drug-likeness (QED) is 0.460. The van der Waals surface area contributed by atoms with E-state index in [0.29, 0.717) is 29.2 Å². The summed E-state index contributed by atoms with van der Waals surface area (Å²) >= 11 is 0. The summed E-state index contributed by atoms with van der Waals surface area (Å²) in [6.45, 7) is 9.63. The van der Waals surface area contributed by atoms with E-state index < -0.39 is 11.6 Å². The minimum atomic E-state index is -0.560. The van der Waals surface area contributed by atoms with E-state index in [1.807, 2.05) is 45.0 Å². The van der Waals surface area contributed by atoms with Crippen LogP contribution in [0.2, 0.25) is 0 Å². The van der Waals surface area contributed by atoms with Gasteiger partial charge in [-0.05, 0) is 80.4 Å². The lowest BCUT2D eigenvalue weighted by molar-refractivity contribution is 0.00695. The van der Waals surface area contributed by atoms with Crippen LogP contribution in [0.4, 0.5) is 5.69 Å². The van der Waals surface area contributed by atoms with Crippen molar-refractivity contribution >= 4 is 23.6 Å². The molecule has 0 heterocycles. The summed E-state index contributed by atoms with van der Waals surface area (Å²) in [6, 6.07) is 21.5. The van der Waals surface area contributed by atoms with E-state index in [2.05, 4.69) is 11.9 Å². The molecule has 0 aliphatic heterocycles. The second kappa shape index (κ2) is 9.96. The molecule has 0 fully saturated rings. The average Bonchev–Trinajstić information content (AvgIpc) is 2.77. The molecule has 0 bridgehead atoms. The average molecular weight is 430 g/mol. The Hall–Kier alpha value is -3.86. The molecule has 1 N–H and O–H groups in total. The molecule has 0 saturated heterocycles. The van der Waals surface area contributed by atoms with Crippen molar-refractivity contribution in [3.63, 3.8) is 0 Å². The number of esters is 1. The van der Waals surface area contributed by atoms with E-state index >= 15 is 0 Å². The summed E-state index contributed by atoms with van der Waals surface area (Å²) in [7, 11) is 0.